The maximum atomic E-state index is 13.5. The van der Waals surface area contributed by atoms with E-state index in [1.807, 2.05) is 33.3 Å². The lowest BCUT2D eigenvalue weighted by Crippen LogP contribution is -2.47. The van der Waals surface area contributed by atoms with E-state index in [-0.39, 0.29) is 31.5 Å². The number of nitrogens with zero attached hydrogens (tertiary/aromatic N) is 1. The van der Waals surface area contributed by atoms with E-state index < -0.39 is 20.0 Å². The molecule has 3 atom stereocenters. The summed E-state index contributed by atoms with van der Waals surface area (Å²) in [5.41, 5.74) is 0. The van der Waals surface area contributed by atoms with Crippen LogP contribution in [-0.4, -0.2) is 74.3 Å². The molecule has 9 nitrogen and oxygen atoms in total. The molecule has 0 radical (unpaired) electrons. The van der Waals surface area contributed by atoms with E-state index in [1.54, 1.807) is 0 Å². The Morgan fingerprint density at radius 2 is 0.883 bits per heavy atom. The summed E-state index contributed by atoms with van der Waals surface area (Å²) in [6.45, 7) is 6.83. The number of esters is 1. The molecule has 0 saturated heterocycles. The van der Waals surface area contributed by atoms with Gasteiger partial charge in [0.2, 0.25) is 5.91 Å². The number of hydrogen-bond donors (Lipinski definition) is 2. The van der Waals surface area contributed by atoms with Crippen LogP contribution in [0.3, 0.4) is 0 Å². The van der Waals surface area contributed by atoms with Gasteiger partial charge < -0.3 is 19.4 Å². The Morgan fingerprint density at radius 1 is 0.481 bits per heavy atom. The summed E-state index contributed by atoms with van der Waals surface area (Å²) >= 11 is 0. The predicted octanol–water partition coefficient (Wildman–Crippen LogP) is 19.8. The van der Waals surface area contributed by atoms with E-state index in [0.717, 1.165) is 96.3 Å². The number of unbranched alkanes of at least 4 members (excludes halogenated alkanes) is 31. The molecule has 10 heteroatoms. The molecule has 77 heavy (non-hydrogen) atoms. The van der Waals surface area contributed by atoms with E-state index in [9.17, 15) is 19.0 Å². The number of carbonyl (C=O) groups is 2. The second-order valence-corrected chi connectivity index (χ2v) is 24.1. The zero-order chi connectivity index (χ0) is 56.4. The quantitative estimate of drug-likeness (QED) is 0.0156. The average molecular weight is 1100 g/mol. The molecular weight excluding hydrogens is 976 g/mol. The first-order chi connectivity index (χ1) is 37.4. The summed E-state index contributed by atoms with van der Waals surface area (Å²) in [5, 5.41) is 3.04. The number of amides is 1. The van der Waals surface area contributed by atoms with E-state index >= 15 is 0 Å². The molecule has 0 heterocycles. The molecule has 0 spiro atoms. The fourth-order valence-corrected chi connectivity index (χ4v) is 9.68. The first-order valence-corrected chi connectivity index (χ1v) is 33.4. The van der Waals surface area contributed by atoms with E-state index in [2.05, 4.69) is 99.0 Å². The van der Waals surface area contributed by atoms with Gasteiger partial charge in [-0.3, -0.25) is 18.6 Å². The average Bonchev–Trinajstić information content (AvgIpc) is 3.39. The van der Waals surface area contributed by atoms with Crippen LogP contribution in [0.5, 0.6) is 0 Å². The lowest BCUT2D eigenvalue weighted by molar-refractivity contribution is -0.870. The Hall–Kier alpha value is -2.81. The second kappa shape index (κ2) is 56.5. The van der Waals surface area contributed by atoms with Crippen LogP contribution in [0, 0.1) is 0 Å². The van der Waals surface area contributed by atoms with Crippen LogP contribution in [0.25, 0.3) is 0 Å². The number of likely N-dealkylation sites (N-methyl/N-ethyl adjacent to an activating group) is 1. The molecule has 0 aromatic carbocycles. The molecule has 0 saturated carbocycles. The maximum absolute atomic E-state index is 13.5. The molecule has 0 aliphatic carbocycles. The summed E-state index contributed by atoms with van der Waals surface area (Å²) in [6.07, 6.45) is 74.6. The smallest absolute Gasteiger partial charge is 0.456 e. The number of hydrogen-bond acceptors (Lipinski definition) is 6. The highest BCUT2D eigenvalue weighted by Crippen LogP contribution is 2.43. The van der Waals surface area contributed by atoms with Crippen LogP contribution in [-0.2, 0) is 27.9 Å². The number of phosphoric acid groups is 1. The molecule has 2 N–H and O–H groups in total. The van der Waals surface area contributed by atoms with Gasteiger partial charge in [0.05, 0.1) is 33.8 Å². The van der Waals surface area contributed by atoms with Gasteiger partial charge >= 0.3 is 13.8 Å². The summed E-state index contributed by atoms with van der Waals surface area (Å²) < 4.78 is 30.6. The highest BCUT2D eigenvalue weighted by Gasteiger charge is 2.30. The van der Waals surface area contributed by atoms with Crippen molar-refractivity contribution in [3.05, 3.63) is 85.1 Å². The van der Waals surface area contributed by atoms with Gasteiger partial charge in [-0.2, -0.15) is 0 Å². The molecule has 0 fully saturated rings. The number of phosphoric ester groups is 1. The highest BCUT2D eigenvalue weighted by atomic mass is 31.2. The molecule has 0 aliphatic heterocycles. The van der Waals surface area contributed by atoms with Crippen molar-refractivity contribution in [2.24, 2.45) is 0 Å². The van der Waals surface area contributed by atoms with Crippen LogP contribution >= 0.6 is 7.82 Å². The molecule has 0 aliphatic rings. The van der Waals surface area contributed by atoms with Crippen LogP contribution in [0.2, 0.25) is 0 Å². The number of carbonyl (C=O) groups excluding carboxylic acids is 2. The molecule has 0 aromatic rings. The monoisotopic (exact) mass is 1100 g/mol. The largest absolute Gasteiger partial charge is 0.472 e. The lowest BCUT2D eigenvalue weighted by Gasteiger charge is -2.27. The Kier molecular flexibility index (Phi) is 54.4. The standard InChI is InChI=1S/C67H121N2O7P/c1-7-10-13-16-19-22-25-27-28-29-30-31-32-33-34-35-36-37-38-39-40-42-45-48-51-54-57-60-67(71)76-65(58-55-52-49-46-43-24-21-18-15-12-9-3)64(63-75-77(72,73)74-62-61-69(4,5)6)68-66(70)59-56-53-50-47-44-41-26-23-20-17-14-11-8-2/h11,14,17,19-20,22-23,26-28,30-31,55,58,64-65H,7-10,12-13,15-16,18,21,24-25,29,32-54,56-57,59-63H2,1-6H3,(H-,68,70,72,73)/p+1/b14-11+,20-17+,22-19-,26-23-,28-27-,31-30-,58-55-. The van der Waals surface area contributed by atoms with Gasteiger partial charge in [-0.05, 0) is 89.5 Å². The Balaban J connectivity index is 5.02. The SMILES string of the molecule is CC/C=C/C=C/C=C\CCCCCCCC(=O)NC(COP(=O)(O)OCC[N+](C)(C)C)C(/C=C\CCCCCCCCCCC)OC(=O)CCCCCCCCCCCCCCCC/C=C\C/C=C\C/C=C\CCCCC. The third-order valence-corrected chi connectivity index (χ3v) is 14.9. The minimum Gasteiger partial charge on any atom is -0.456 e. The van der Waals surface area contributed by atoms with E-state index in [0.29, 0.717) is 17.4 Å². The summed E-state index contributed by atoms with van der Waals surface area (Å²) in [6, 6.07) is -0.861. The van der Waals surface area contributed by atoms with Gasteiger partial charge in [-0.15, -0.1) is 0 Å². The van der Waals surface area contributed by atoms with Gasteiger partial charge in [0, 0.05) is 12.8 Å². The molecule has 446 valence electrons. The normalized spacial score (nSPS) is 14.2. The van der Waals surface area contributed by atoms with Crippen LogP contribution < -0.4 is 5.32 Å². The fraction of sp³-hybridized carbons (Fsp3) is 0.761. The van der Waals surface area contributed by atoms with Crippen molar-refractivity contribution in [1.29, 1.82) is 0 Å². The van der Waals surface area contributed by atoms with Crippen molar-refractivity contribution >= 4 is 19.7 Å². The molecule has 0 aromatic heterocycles. The van der Waals surface area contributed by atoms with Crippen molar-refractivity contribution in [3.63, 3.8) is 0 Å². The second-order valence-electron chi connectivity index (χ2n) is 22.6. The Labute approximate surface area is 476 Å². The van der Waals surface area contributed by atoms with Crippen molar-refractivity contribution in [1.82, 2.24) is 5.32 Å². The summed E-state index contributed by atoms with van der Waals surface area (Å²) in [5.74, 6) is -0.529. The van der Waals surface area contributed by atoms with Crippen LogP contribution in [0.4, 0.5) is 0 Å². The molecule has 1 amide bonds. The molecular formula is C67H122N2O7P+. The Bertz CT molecular complexity index is 1590. The van der Waals surface area contributed by atoms with Crippen molar-refractivity contribution in [2.75, 3.05) is 40.9 Å². The van der Waals surface area contributed by atoms with Crippen LogP contribution in [0.15, 0.2) is 85.1 Å². The maximum Gasteiger partial charge on any atom is 0.472 e. The zero-order valence-electron chi connectivity index (χ0n) is 50.9. The predicted molar refractivity (Wildman–Crippen MR) is 332 cm³/mol. The van der Waals surface area contributed by atoms with E-state index in [4.69, 9.17) is 13.8 Å². The van der Waals surface area contributed by atoms with Crippen LogP contribution in [0.1, 0.15) is 278 Å². The number of allylic oxidation sites excluding steroid dienone is 13. The van der Waals surface area contributed by atoms with Gasteiger partial charge in [0.1, 0.15) is 19.3 Å². The lowest BCUT2D eigenvalue weighted by atomic mass is 10.0. The number of ether oxygens (including phenoxy) is 1. The summed E-state index contributed by atoms with van der Waals surface area (Å²) in [4.78, 5) is 37.7. The van der Waals surface area contributed by atoms with E-state index in [1.165, 1.54) is 148 Å². The number of nitrogens with one attached hydrogen (secondary N) is 1. The third-order valence-electron chi connectivity index (χ3n) is 13.9. The number of quaternary nitrogens is 1. The Morgan fingerprint density at radius 3 is 1.38 bits per heavy atom. The topological polar surface area (TPSA) is 111 Å². The molecule has 0 bridgehead atoms. The van der Waals surface area contributed by atoms with Crippen molar-refractivity contribution in [2.45, 2.75) is 290 Å². The first-order valence-electron chi connectivity index (χ1n) is 31.9. The minimum absolute atomic E-state index is 0.0332. The third kappa shape index (κ3) is 57.7. The van der Waals surface area contributed by atoms with Gasteiger partial charge in [0.15, 0.2) is 0 Å². The fourth-order valence-electron chi connectivity index (χ4n) is 8.95. The highest BCUT2D eigenvalue weighted by molar-refractivity contribution is 7.47. The first kappa shape index (κ1) is 74.2. The molecule has 0 rings (SSSR count). The van der Waals surface area contributed by atoms with Gasteiger partial charge in [0.25, 0.3) is 0 Å². The number of rotatable bonds is 57. The van der Waals surface area contributed by atoms with Gasteiger partial charge in [-0.1, -0.05) is 260 Å². The molecule has 3 unspecified atom stereocenters. The minimum atomic E-state index is -4.45. The van der Waals surface area contributed by atoms with Crippen molar-refractivity contribution < 1.29 is 37.3 Å². The van der Waals surface area contributed by atoms with Gasteiger partial charge in [-0.25, -0.2) is 4.57 Å². The van der Waals surface area contributed by atoms with Crippen molar-refractivity contribution in [3.8, 4) is 0 Å². The summed E-state index contributed by atoms with van der Waals surface area (Å²) in [7, 11) is 1.48. The zero-order valence-corrected chi connectivity index (χ0v) is 51.8.